The molecule has 0 N–H and O–H groups in total. The van der Waals surface area contributed by atoms with E-state index in [0.717, 1.165) is 32.7 Å². The van der Waals surface area contributed by atoms with Gasteiger partial charge in [0.2, 0.25) is 0 Å². The van der Waals surface area contributed by atoms with Gasteiger partial charge in [-0.25, -0.2) is 0 Å². The molecule has 140 valence electrons. The summed E-state index contributed by atoms with van der Waals surface area (Å²) < 4.78 is 12.4. The molecule has 24 heavy (non-hydrogen) atoms. The first-order chi connectivity index (χ1) is 11.6. The summed E-state index contributed by atoms with van der Waals surface area (Å²) in [6, 6.07) is 0. The van der Waals surface area contributed by atoms with Crippen LogP contribution in [0, 0.1) is 17.8 Å². The van der Waals surface area contributed by atoms with E-state index in [0.29, 0.717) is 17.8 Å². The molecule has 5 unspecified atom stereocenters. The molecule has 0 bridgehead atoms. The quantitative estimate of drug-likeness (QED) is 0.442. The number of unbranched alkanes of at least 4 members (excludes halogenated alkanes) is 2. The Morgan fingerprint density at radius 1 is 1.21 bits per heavy atom. The Labute approximate surface area is 149 Å². The van der Waals surface area contributed by atoms with Crippen molar-refractivity contribution in [1.29, 1.82) is 0 Å². The van der Waals surface area contributed by atoms with Gasteiger partial charge in [0.15, 0.2) is 0 Å². The molecule has 0 amide bonds. The molecule has 0 spiro atoms. The number of hydrogen-bond acceptors (Lipinski definition) is 3. The summed E-state index contributed by atoms with van der Waals surface area (Å²) in [7, 11) is 0. The third kappa shape index (κ3) is 5.31. The molecule has 1 heterocycles. The Hall–Kier alpha value is -0.380. The fourth-order valence-corrected chi connectivity index (χ4v) is 4.49. The highest BCUT2D eigenvalue weighted by atomic mass is 16.6. The Bertz CT molecular complexity index is 395. The molecule has 3 heteroatoms. The SMILES string of the molecule is CCCCOCC1CN(CCCC)C(C2C(C)C=C(C)CC2C)O1. The van der Waals surface area contributed by atoms with Crippen molar-refractivity contribution < 1.29 is 9.47 Å². The van der Waals surface area contributed by atoms with Gasteiger partial charge in [0.1, 0.15) is 6.23 Å². The van der Waals surface area contributed by atoms with Gasteiger partial charge < -0.3 is 9.47 Å². The van der Waals surface area contributed by atoms with E-state index in [1.165, 1.54) is 25.7 Å². The van der Waals surface area contributed by atoms with Crippen molar-refractivity contribution in [3.05, 3.63) is 11.6 Å². The van der Waals surface area contributed by atoms with Crippen molar-refractivity contribution in [3.8, 4) is 0 Å². The number of ether oxygens (including phenoxy) is 2. The molecule has 1 fully saturated rings. The monoisotopic (exact) mass is 337 g/mol. The van der Waals surface area contributed by atoms with Gasteiger partial charge in [-0.1, -0.05) is 52.2 Å². The molecule has 5 atom stereocenters. The third-order valence-corrected chi connectivity index (χ3v) is 5.66. The van der Waals surface area contributed by atoms with E-state index in [-0.39, 0.29) is 12.3 Å². The van der Waals surface area contributed by atoms with E-state index in [2.05, 4.69) is 45.6 Å². The lowest BCUT2D eigenvalue weighted by atomic mass is 9.74. The van der Waals surface area contributed by atoms with Gasteiger partial charge in [0.25, 0.3) is 0 Å². The van der Waals surface area contributed by atoms with E-state index < -0.39 is 0 Å². The smallest absolute Gasteiger partial charge is 0.114 e. The summed E-state index contributed by atoms with van der Waals surface area (Å²) in [6.07, 6.45) is 9.05. The normalized spacial score (nSPS) is 34.5. The number of hydrogen-bond donors (Lipinski definition) is 0. The van der Waals surface area contributed by atoms with Crippen LogP contribution in [0.15, 0.2) is 11.6 Å². The number of nitrogens with zero attached hydrogens (tertiary/aromatic N) is 1. The largest absolute Gasteiger partial charge is 0.379 e. The molecule has 0 aromatic carbocycles. The maximum Gasteiger partial charge on any atom is 0.114 e. The van der Waals surface area contributed by atoms with Crippen molar-refractivity contribution in [2.24, 2.45) is 17.8 Å². The maximum absolute atomic E-state index is 6.54. The Morgan fingerprint density at radius 2 is 1.96 bits per heavy atom. The second kappa shape index (κ2) is 9.94. The van der Waals surface area contributed by atoms with Gasteiger partial charge >= 0.3 is 0 Å². The minimum atomic E-state index is 0.245. The number of rotatable bonds is 9. The first-order valence-corrected chi connectivity index (χ1v) is 10.2. The summed E-state index contributed by atoms with van der Waals surface area (Å²) >= 11 is 0. The molecule has 3 nitrogen and oxygen atoms in total. The van der Waals surface area contributed by atoms with E-state index in [4.69, 9.17) is 9.47 Å². The van der Waals surface area contributed by atoms with Crippen LogP contribution in [0.5, 0.6) is 0 Å². The lowest BCUT2D eigenvalue weighted by molar-refractivity contribution is -0.0842. The van der Waals surface area contributed by atoms with Crippen LogP contribution in [-0.4, -0.2) is 43.5 Å². The predicted octanol–water partition coefficient (Wildman–Crippen LogP) is 4.87. The molecule has 0 radical (unpaired) electrons. The van der Waals surface area contributed by atoms with E-state index in [9.17, 15) is 0 Å². The zero-order valence-corrected chi connectivity index (χ0v) is 16.6. The van der Waals surface area contributed by atoms with Gasteiger partial charge in [-0.05, 0) is 38.0 Å². The Balaban J connectivity index is 1.99. The van der Waals surface area contributed by atoms with Crippen molar-refractivity contribution >= 4 is 0 Å². The van der Waals surface area contributed by atoms with E-state index in [1.807, 2.05) is 0 Å². The summed E-state index contributed by atoms with van der Waals surface area (Å²) in [5.74, 6) is 1.90. The standard InChI is InChI=1S/C21H39NO2/c1-6-8-10-22-14-19(15-23-11-9-7-2)24-21(22)20-17(4)12-16(3)13-18(20)5/h12,17-21H,6-11,13-15H2,1-5H3. The Morgan fingerprint density at radius 3 is 2.62 bits per heavy atom. The second-order valence-electron chi connectivity index (χ2n) is 8.06. The van der Waals surface area contributed by atoms with Crippen molar-refractivity contribution in [3.63, 3.8) is 0 Å². The number of allylic oxidation sites excluding steroid dienone is 2. The molecule has 0 aromatic heterocycles. The van der Waals surface area contributed by atoms with Crippen LogP contribution in [0.25, 0.3) is 0 Å². The highest BCUT2D eigenvalue weighted by Crippen LogP contribution is 2.40. The predicted molar refractivity (Wildman–Crippen MR) is 101 cm³/mol. The first kappa shape index (κ1) is 19.9. The molecule has 0 aromatic rings. The van der Waals surface area contributed by atoms with Crippen LogP contribution < -0.4 is 0 Å². The van der Waals surface area contributed by atoms with Crippen molar-refractivity contribution in [2.75, 3.05) is 26.3 Å². The molecule has 0 saturated carbocycles. The fourth-order valence-electron chi connectivity index (χ4n) is 4.49. The topological polar surface area (TPSA) is 21.7 Å². The lowest BCUT2D eigenvalue weighted by Crippen LogP contribution is -2.43. The highest BCUT2D eigenvalue weighted by molar-refractivity contribution is 5.09. The molecule has 2 aliphatic rings. The van der Waals surface area contributed by atoms with Crippen LogP contribution in [0.3, 0.4) is 0 Å². The first-order valence-electron chi connectivity index (χ1n) is 10.2. The van der Waals surface area contributed by atoms with Crippen LogP contribution in [0.1, 0.15) is 66.7 Å². The molecule has 1 aliphatic heterocycles. The second-order valence-corrected chi connectivity index (χ2v) is 8.06. The average molecular weight is 338 g/mol. The van der Waals surface area contributed by atoms with Crippen molar-refractivity contribution in [2.45, 2.75) is 79.1 Å². The molecular formula is C21H39NO2. The van der Waals surface area contributed by atoms with E-state index in [1.54, 1.807) is 5.57 Å². The molecule has 1 saturated heterocycles. The average Bonchev–Trinajstić information content (AvgIpc) is 2.91. The summed E-state index contributed by atoms with van der Waals surface area (Å²) in [5.41, 5.74) is 1.55. The Kier molecular flexibility index (Phi) is 8.25. The zero-order valence-electron chi connectivity index (χ0n) is 16.6. The van der Waals surface area contributed by atoms with Gasteiger partial charge in [-0.2, -0.15) is 0 Å². The van der Waals surface area contributed by atoms with Gasteiger partial charge in [0.05, 0.1) is 12.7 Å². The molecule has 1 aliphatic carbocycles. The fraction of sp³-hybridized carbons (Fsp3) is 0.905. The van der Waals surface area contributed by atoms with E-state index >= 15 is 0 Å². The lowest BCUT2D eigenvalue weighted by Gasteiger charge is -2.40. The van der Waals surface area contributed by atoms with Crippen molar-refractivity contribution in [1.82, 2.24) is 4.90 Å². The minimum absolute atomic E-state index is 0.245. The summed E-state index contributed by atoms with van der Waals surface area (Å²) in [5, 5.41) is 0. The zero-order chi connectivity index (χ0) is 17.5. The van der Waals surface area contributed by atoms with Gasteiger partial charge in [0, 0.05) is 25.6 Å². The summed E-state index contributed by atoms with van der Waals surface area (Å²) in [6.45, 7) is 15.4. The minimum Gasteiger partial charge on any atom is -0.379 e. The van der Waals surface area contributed by atoms with Gasteiger partial charge in [-0.3, -0.25) is 4.90 Å². The maximum atomic E-state index is 6.54. The van der Waals surface area contributed by atoms with Crippen LogP contribution >= 0.6 is 0 Å². The molecule has 2 rings (SSSR count). The highest BCUT2D eigenvalue weighted by Gasteiger charge is 2.42. The van der Waals surface area contributed by atoms with Crippen LogP contribution in [0.4, 0.5) is 0 Å². The van der Waals surface area contributed by atoms with Crippen LogP contribution in [-0.2, 0) is 9.47 Å². The molecular weight excluding hydrogens is 298 g/mol. The van der Waals surface area contributed by atoms with Crippen LogP contribution in [0.2, 0.25) is 0 Å². The van der Waals surface area contributed by atoms with Gasteiger partial charge in [-0.15, -0.1) is 0 Å². The summed E-state index contributed by atoms with van der Waals surface area (Å²) in [4.78, 5) is 2.60. The third-order valence-electron chi connectivity index (χ3n) is 5.66.